The molecule has 2 rings (SSSR count). The number of ether oxygens (including phenoxy) is 1. The molecule has 0 saturated heterocycles. The van der Waals surface area contributed by atoms with Crippen LogP contribution in [0.15, 0.2) is 42.5 Å². The molecule has 0 unspecified atom stereocenters. The summed E-state index contributed by atoms with van der Waals surface area (Å²) >= 11 is 0. The standard InChI is InChI=1S/C14H12O3/c1-3-6-11-13(16)12(15)9-7-4-5-8-10(9)14(11)17-2/h3-5,7-8H,1,6H2,2H3. The molecule has 0 amide bonds. The monoisotopic (exact) mass is 228 g/mol. The van der Waals surface area contributed by atoms with Gasteiger partial charge in [-0.25, -0.2) is 0 Å². The molecular formula is C14H12O3. The summed E-state index contributed by atoms with van der Waals surface area (Å²) < 4.78 is 5.26. The van der Waals surface area contributed by atoms with Crippen molar-refractivity contribution in [1.82, 2.24) is 0 Å². The van der Waals surface area contributed by atoms with E-state index in [4.69, 9.17) is 4.74 Å². The summed E-state index contributed by atoms with van der Waals surface area (Å²) in [6.45, 7) is 3.59. The molecule has 17 heavy (non-hydrogen) atoms. The van der Waals surface area contributed by atoms with Crippen molar-refractivity contribution in [2.24, 2.45) is 0 Å². The number of carbonyl (C=O) groups is 2. The molecular weight excluding hydrogens is 216 g/mol. The number of carbonyl (C=O) groups excluding carboxylic acids is 2. The van der Waals surface area contributed by atoms with E-state index in [1.54, 1.807) is 24.3 Å². The van der Waals surface area contributed by atoms with Gasteiger partial charge in [0, 0.05) is 16.7 Å². The first-order valence-corrected chi connectivity index (χ1v) is 5.27. The molecule has 3 nitrogen and oxygen atoms in total. The molecule has 0 saturated carbocycles. The highest BCUT2D eigenvalue weighted by Gasteiger charge is 2.32. The third-order valence-electron chi connectivity index (χ3n) is 2.72. The van der Waals surface area contributed by atoms with Gasteiger partial charge in [-0.1, -0.05) is 30.3 Å². The van der Waals surface area contributed by atoms with Crippen LogP contribution in [-0.4, -0.2) is 18.7 Å². The van der Waals surface area contributed by atoms with Crippen LogP contribution >= 0.6 is 0 Å². The number of benzene rings is 1. The summed E-state index contributed by atoms with van der Waals surface area (Å²) in [4.78, 5) is 23.8. The van der Waals surface area contributed by atoms with Crippen molar-refractivity contribution < 1.29 is 14.3 Å². The largest absolute Gasteiger partial charge is 0.496 e. The van der Waals surface area contributed by atoms with E-state index >= 15 is 0 Å². The lowest BCUT2D eigenvalue weighted by molar-refractivity contribution is -0.112. The Morgan fingerprint density at radius 2 is 1.82 bits per heavy atom. The number of allylic oxidation sites excluding steroid dienone is 2. The minimum atomic E-state index is -0.500. The first kappa shape index (κ1) is 11.3. The van der Waals surface area contributed by atoms with E-state index in [2.05, 4.69) is 6.58 Å². The van der Waals surface area contributed by atoms with Crippen LogP contribution in [0.5, 0.6) is 0 Å². The SMILES string of the molecule is C=CCC1=C(OC)c2ccccc2C(=O)C1=O. The minimum absolute atomic E-state index is 0.335. The van der Waals surface area contributed by atoms with Gasteiger partial charge in [0.2, 0.25) is 11.6 Å². The summed E-state index contributed by atoms with van der Waals surface area (Å²) in [7, 11) is 1.50. The fraction of sp³-hybridized carbons (Fsp3) is 0.143. The molecule has 3 heteroatoms. The molecule has 0 heterocycles. The van der Waals surface area contributed by atoms with E-state index in [-0.39, 0.29) is 0 Å². The molecule has 0 atom stereocenters. The molecule has 1 aliphatic rings. The number of Topliss-reactive ketones (excluding diaryl/α,β-unsaturated/α-hetero) is 2. The highest BCUT2D eigenvalue weighted by atomic mass is 16.5. The topological polar surface area (TPSA) is 43.4 Å². The Morgan fingerprint density at radius 1 is 1.18 bits per heavy atom. The van der Waals surface area contributed by atoms with E-state index in [9.17, 15) is 9.59 Å². The molecule has 86 valence electrons. The maximum atomic E-state index is 11.9. The van der Waals surface area contributed by atoms with Crippen molar-refractivity contribution in [2.45, 2.75) is 6.42 Å². The number of ketones is 2. The van der Waals surface area contributed by atoms with Crippen LogP contribution in [0.3, 0.4) is 0 Å². The molecule has 0 spiro atoms. The maximum absolute atomic E-state index is 11.9. The fourth-order valence-electron chi connectivity index (χ4n) is 1.97. The van der Waals surface area contributed by atoms with Crippen molar-refractivity contribution in [3.8, 4) is 0 Å². The van der Waals surface area contributed by atoms with Gasteiger partial charge in [-0.3, -0.25) is 9.59 Å². The molecule has 0 aromatic heterocycles. The van der Waals surface area contributed by atoms with Gasteiger partial charge in [0.25, 0.3) is 0 Å². The predicted molar refractivity (Wildman–Crippen MR) is 64.5 cm³/mol. The third-order valence-corrected chi connectivity index (χ3v) is 2.72. The Kier molecular flexibility index (Phi) is 2.91. The quantitative estimate of drug-likeness (QED) is 0.589. The molecule has 0 fully saturated rings. The normalized spacial score (nSPS) is 14.6. The molecule has 0 aliphatic heterocycles. The summed E-state index contributed by atoms with van der Waals surface area (Å²) in [6, 6.07) is 6.96. The van der Waals surface area contributed by atoms with Gasteiger partial charge in [-0.2, -0.15) is 0 Å². The van der Waals surface area contributed by atoms with Crippen LogP contribution in [0.25, 0.3) is 5.76 Å². The van der Waals surface area contributed by atoms with Gasteiger partial charge in [-0.05, 0) is 6.42 Å². The molecule has 1 aliphatic carbocycles. The van der Waals surface area contributed by atoms with Crippen molar-refractivity contribution in [3.05, 3.63) is 53.6 Å². The highest BCUT2D eigenvalue weighted by Crippen LogP contribution is 2.31. The van der Waals surface area contributed by atoms with E-state index in [1.165, 1.54) is 7.11 Å². The van der Waals surface area contributed by atoms with Crippen molar-refractivity contribution in [2.75, 3.05) is 7.11 Å². The highest BCUT2D eigenvalue weighted by molar-refractivity contribution is 6.52. The number of hydrogen-bond donors (Lipinski definition) is 0. The maximum Gasteiger partial charge on any atom is 0.234 e. The Labute approximate surface area is 99.4 Å². The van der Waals surface area contributed by atoms with Crippen LogP contribution in [0.4, 0.5) is 0 Å². The zero-order valence-electron chi connectivity index (χ0n) is 9.53. The first-order valence-electron chi connectivity index (χ1n) is 5.27. The van der Waals surface area contributed by atoms with E-state index in [0.717, 1.165) is 0 Å². The zero-order valence-corrected chi connectivity index (χ0v) is 9.53. The second-order valence-corrected chi connectivity index (χ2v) is 3.71. The van der Waals surface area contributed by atoms with E-state index < -0.39 is 11.6 Å². The summed E-state index contributed by atoms with van der Waals surface area (Å²) in [5.74, 6) is -0.496. The summed E-state index contributed by atoms with van der Waals surface area (Å²) in [6.07, 6.45) is 1.93. The average Bonchev–Trinajstić information content (AvgIpc) is 2.36. The Hall–Kier alpha value is -2.16. The predicted octanol–water partition coefficient (Wildman–Crippen LogP) is 2.39. The number of rotatable bonds is 3. The molecule has 1 aromatic carbocycles. The van der Waals surface area contributed by atoms with Crippen molar-refractivity contribution in [3.63, 3.8) is 0 Å². The van der Waals surface area contributed by atoms with Gasteiger partial charge >= 0.3 is 0 Å². The number of fused-ring (bicyclic) bond motifs is 1. The summed E-state index contributed by atoms with van der Waals surface area (Å²) in [5.41, 5.74) is 1.46. The number of hydrogen-bond acceptors (Lipinski definition) is 3. The first-order chi connectivity index (χ1) is 8.20. The van der Waals surface area contributed by atoms with E-state index in [1.807, 2.05) is 6.07 Å². The molecule has 0 N–H and O–H groups in total. The Morgan fingerprint density at radius 3 is 2.41 bits per heavy atom. The van der Waals surface area contributed by atoms with Crippen LogP contribution in [0.1, 0.15) is 22.3 Å². The molecule has 0 radical (unpaired) electrons. The fourth-order valence-corrected chi connectivity index (χ4v) is 1.97. The summed E-state index contributed by atoms with van der Waals surface area (Å²) in [5, 5.41) is 0. The van der Waals surface area contributed by atoms with Gasteiger partial charge in [0.15, 0.2) is 0 Å². The third kappa shape index (κ3) is 1.69. The lowest BCUT2D eigenvalue weighted by Gasteiger charge is -2.19. The lowest BCUT2D eigenvalue weighted by Crippen LogP contribution is -2.24. The average molecular weight is 228 g/mol. The van der Waals surface area contributed by atoms with Crippen molar-refractivity contribution >= 4 is 17.3 Å². The van der Waals surface area contributed by atoms with Gasteiger partial charge in [0.1, 0.15) is 5.76 Å². The smallest absolute Gasteiger partial charge is 0.234 e. The number of methoxy groups -OCH3 is 1. The lowest BCUT2D eigenvalue weighted by atomic mass is 9.87. The molecule has 1 aromatic rings. The Balaban J connectivity index is 2.70. The van der Waals surface area contributed by atoms with Gasteiger partial charge in [0.05, 0.1) is 7.11 Å². The van der Waals surface area contributed by atoms with Gasteiger partial charge in [-0.15, -0.1) is 6.58 Å². The second-order valence-electron chi connectivity index (χ2n) is 3.71. The van der Waals surface area contributed by atoms with E-state index in [0.29, 0.717) is 28.9 Å². The Bertz CT molecular complexity index is 538. The molecule has 0 bridgehead atoms. The van der Waals surface area contributed by atoms with Crippen LogP contribution in [-0.2, 0) is 9.53 Å². The van der Waals surface area contributed by atoms with Crippen LogP contribution in [0.2, 0.25) is 0 Å². The van der Waals surface area contributed by atoms with Crippen LogP contribution < -0.4 is 0 Å². The van der Waals surface area contributed by atoms with Crippen molar-refractivity contribution in [1.29, 1.82) is 0 Å². The zero-order chi connectivity index (χ0) is 12.4. The van der Waals surface area contributed by atoms with Crippen LogP contribution in [0, 0.1) is 0 Å². The second kappa shape index (κ2) is 4.37. The van der Waals surface area contributed by atoms with Gasteiger partial charge < -0.3 is 4.74 Å². The minimum Gasteiger partial charge on any atom is -0.496 e.